The van der Waals surface area contributed by atoms with Crippen molar-refractivity contribution in [3.8, 4) is 0 Å². The average Bonchev–Trinajstić information content (AvgIpc) is 2.49. The molecule has 140 valence electrons. The third-order valence-corrected chi connectivity index (χ3v) is 4.75. The van der Waals surface area contributed by atoms with Crippen molar-refractivity contribution in [3.63, 3.8) is 0 Å². The molecule has 0 N–H and O–H groups in total. The third kappa shape index (κ3) is 33.1. The summed E-state index contributed by atoms with van der Waals surface area (Å²) in [4.78, 5) is 20.5. The molecule has 4 nitrogen and oxygen atoms in total. The van der Waals surface area contributed by atoms with Gasteiger partial charge in [0, 0.05) is 0 Å². The second kappa shape index (κ2) is 26.2. The minimum absolute atomic E-state index is 0. The number of hydrogen-bond donors (Lipinski definition) is 0. The Kier molecular flexibility index (Phi) is 35.5. The summed E-state index contributed by atoms with van der Waals surface area (Å²) in [5.74, 6) is 0. The Balaban J connectivity index is -0.00000242. The van der Waals surface area contributed by atoms with Gasteiger partial charge in [-0.3, -0.25) is 0 Å². The molecule has 25 heavy (non-hydrogen) atoms. The Hall–Kier alpha value is 4.21. The summed E-state index contributed by atoms with van der Waals surface area (Å²) in [6.45, 7) is 2.30. The zero-order valence-electron chi connectivity index (χ0n) is 17.1. The van der Waals surface area contributed by atoms with Crippen molar-refractivity contribution >= 4 is 7.82 Å². The fourth-order valence-corrected chi connectivity index (χ4v) is 3.18. The number of phosphoric ester groups is 1. The van der Waals surface area contributed by atoms with Crippen molar-refractivity contribution in [2.75, 3.05) is 6.61 Å². The van der Waals surface area contributed by atoms with E-state index >= 15 is 0 Å². The molecule has 0 aliphatic heterocycles. The summed E-state index contributed by atoms with van der Waals surface area (Å²) in [5.41, 5.74) is 0. The molecular formula is C18H37Cs2O4P. The molecule has 0 aromatic rings. The van der Waals surface area contributed by atoms with E-state index < -0.39 is 7.82 Å². The predicted molar refractivity (Wildman–Crippen MR) is 93.1 cm³/mol. The van der Waals surface area contributed by atoms with Crippen LogP contribution in [0.5, 0.6) is 0 Å². The molecule has 0 aromatic heterocycles. The molecule has 0 rings (SSSR count). The molecule has 0 aliphatic carbocycles. The van der Waals surface area contributed by atoms with Gasteiger partial charge in [0.05, 0.1) is 14.4 Å². The third-order valence-electron chi connectivity index (χ3n) is 4.25. The summed E-state index contributed by atoms with van der Waals surface area (Å²) in [6, 6.07) is 0. The van der Waals surface area contributed by atoms with E-state index in [2.05, 4.69) is 11.4 Å². The van der Waals surface area contributed by atoms with E-state index in [1.807, 2.05) is 0 Å². The topological polar surface area (TPSA) is 72.4 Å². The Morgan fingerprint density at radius 2 is 0.880 bits per heavy atom. The smallest absolute Gasteiger partial charge is 0.790 e. The molecule has 0 amide bonds. The van der Waals surface area contributed by atoms with E-state index in [1.54, 1.807) is 0 Å². The zero-order valence-corrected chi connectivity index (χ0v) is 30.6. The first-order chi connectivity index (χ1) is 11.1. The van der Waals surface area contributed by atoms with Gasteiger partial charge in [-0.2, -0.15) is 0 Å². The molecule has 0 fully saturated rings. The summed E-state index contributed by atoms with van der Waals surface area (Å²) in [6.07, 6.45) is 20.3. The van der Waals surface area contributed by atoms with E-state index in [0.29, 0.717) is 6.42 Å². The number of rotatable bonds is 18. The zero-order chi connectivity index (χ0) is 17.2. The van der Waals surface area contributed by atoms with Crippen LogP contribution in [0.3, 0.4) is 0 Å². The van der Waals surface area contributed by atoms with Gasteiger partial charge in [-0.1, -0.05) is 103 Å². The van der Waals surface area contributed by atoms with E-state index in [9.17, 15) is 14.4 Å². The van der Waals surface area contributed by atoms with Crippen LogP contribution in [-0.2, 0) is 9.09 Å². The van der Waals surface area contributed by atoms with Gasteiger partial charge in [-0.15, -0.1) is 0 Å². The molecule has 0 heterocycles. The van der Waals surface area contributed by atoms with Gasteiger partial charge in [0.25, 0.3) is 0 Å². The van der Waals surface area contributed by atoms with Crippen molar-refractivity contribution in [1.29, 1.82) is 0 Å². The largest absolute Gasteiger partial charge is 1.00 e. The van der Waals surface area contributed by atoms with Crippen molar-refractivity contribution < 1.29 is 157 Å². The van der Waals surface area contributed by atoms with Gasteiger partial charge in [0.15, 0.2) is 0 Å². The number of phosphoric acid groups is 1. The van der Waals surface area contributed by atoms with Crippen LogP contribution in [-0.4, -0.2) is 6.61 Å². The fourth-order valence-electron chi connectivity index (χ4n) is 2.83. The molecule has 0 aromatic carbocycles. The number of unbranched alkanes of at least 4 members (excludes halogenated alkanes) is 15. The summed E-state index contributed by atoms with van der Waals surface area (Å²) in [5, 5.41) is 0. The van der Waals surface area contributed by atoms with Crippen molar-refractivity contribution in [3.05, 3.63) is 0 Å². The molecular weight excluding hydrogens is 577 g/mol. The standard InChI is InChI=1S/C18H39O4P.2Cs/c1-2-3-4-5-6-7-8-9-10-11-12-13-14-15-16-17-18-22-23(19,20)21;;/h2-18H2,1H3,(H2,19,20,21);;/q;2*+1/p-2. The molecule has 0 spiro atoms. The Morgan fingerprint density at radius 1 is 0.600 bits per heavy atom. The van der Waals surface area contributed by atoms with Crippen LogP contribution in [0.2, 0.25) is 0 Å². The molecule has 0 saturated heterocycles. The van der Waals surface area contributed by atoms with E-state index in [-0.39, 0.29) is 144 Å². The molecule has 7 heteroatoms. The monoisotopic (exact) mass is 614 g/mol. The van der Waals surface area contributed by atoms with E-state index in [1.165, 1.54) is 83.5 Å². The maximum Gasteiger partial charge on any atom is 1.00 e. The Morgan fingerprint density at radius 3 is 1.16 bits per heavy atom. The normalized spacial score (nSPS) is 11.0. The Labute approximate surface area is 274 Å². The van der Waals surface area contributed by atoms with Gasteiger partial charge in [-0.25, -0.2) is 0 Å². The fraction of sp³-hybridized carbons (Fsp3) is 1.00. The molecule has 0 radical (unpaired) electrons. The maximum absolute atomic E-state index is 10.2. The van der Waals surface area contributed by atoms with E-state index in [4.69, 9.17) is 0 Å². The Bertz CT molecular complexity index is 288. The number of hydrogen-bond acceptors (Lipinski definition) is 4. The molecule has 0 unspecified atom stereocenters. The van der Waals surface area contributed by atoms with Crippen LogP contribution in [0, 0.1) is 0 Å². The molecule has 0 bridgehead atoms. The van der Waals surface area contributed by atoms with Crippen LogP contribution in [0.25, 0.3) is 0 Å². The minimum Gasteiger partial charge on any atom is -0.790 e. The maximum atomic E-state index is 10.2. The first kappa shape index (κ1) is 33.8. The van der Waals surface area contributed by atoms with Crippen LogP contribution in [0.4, 0.5) is 0 Å². The first-order valence-electron chi connectivity index (χ1n) is 9.73. The van der Waals surface area contributed by atoms with Gasteiger partial charge in [0.1, 0.15) is 0 Å². The average molecular weight is 614 g/mol. The summed E-state index contributed by atoms with van der Waals surface area (Å²) < 4.78 is 14.4. The van der Waals surface area contributed by atoms with Gasteiger partial charge in [-0.05, 0) is 6.42 Å². The van der Waals surface area contributed by atoms with Crippen LogP contribution >= 0.6 is 7.82 Å². The predicted octanol–water partition coefficient (Wildman–Crippen LogP) is -0.899. The van der Waals surface area contributed by atoms with Crippen LogP contribution in [0.15, 0.2) is 0 Å². The quantitative estimate of drug-likeness (QED) is 0.148. The van der Waals surface area contributed by atoms with Crippen LogP contribution < -0.4 is 148 Å². The van der Waals surface area contributed by atoms with Crippen molar-refractivity contribution in [2.24, 2.45) is 0 Å². The van der Waals surface area contributed by atoms with Crippen molar-refractivity contribution in [1.82, 2.24) is 0 Å². The molecule has 0 saturated carbocycles. The minimum atomic E-state index is -4.76. The SMILES string of the molecule is CCCCCCCCCCCCCCCCCCOP(=O)([O-])[O-].[Cs+].[Cs+]. The van der Waals surface area contributed by atoms with Gasteiger partial charge < -0.3 is 18.9 Å². The second-order valence-corrected chi connectivity index (χ2v) is 7.74. The molecule has 0 aliphatic rings. The van der Waals surface area contributed by atoms with Gasteiger partial charge >= 0.3 is 138 Å². The van der Waals surface area contributed by atoms with Gasteiger partial charge in [0.2, 0.25) is 0 Å². The molecule has 0 atom stereocenters. The second-order valence-electron chi connectivity index (χ2n) is 6.58. The summed E-state index contributed by atoms with van der Waals surface area (Å²) in [7, 11) is -4.76. The van der Waals surface area contributed by atoms with Crippen molar-refractivity contribution in [2.45, 2.75) is 110 Å². The van der Waals surface area contributed by atoms with E-state index in [0.717, 1.165) is 12.8 Å². The summed E-state index contributed by atoms with van der Waals surface area (Å²) >= 11 is 0. The first-order valence-corrected chi connectivity index (χ1v) is 11.2. The van der Waals surface area contributed by atoms with Crippen LogP contribution in [0.1, 0.15) is 110 Å².